The molecule has 116 valence electrons. The van der Waals surface area contributed by atoms with Gasteiger partial charge in [-0.1, -0.05) is 17.7 Å². The van der Waals surface area contributed by atoms with Gasteiger partial charge in [0.1, 0.15) is 6.54 Å². The zero-order valence-electron chi connectivity index (χ0n) is 11.5. The van der Waals surface area contributed by atoms with Crippen molar-refractivity contribution in [3.63, 3.8) is 0 Å². The van der Waals surface area contributed by atoms with E-state index in [9.17, 15) is 18.0 Å². The molecule has 1 aliphatic carbocycles. The zero-order chi connectivity index (χ0) is 15.8. The number of anilines is 1. The molecule has 2 N–H and O–H groups in total. The number of carbonyl (C=O) groups excluding carboxylic acids is 1. The van der Waals surface area contributed by atoms with Crippen molar-refractivity contribution in [2.75, 3.05) is 12.3 Å². The van der Waals surface area contributed by atoms with E-state index in [0.29, 0.717) is 0 Å². The number of amides is 1. The molecule has 0 radical (unpaired) electrons. The molecule has 0 bridgehead atoms. The van der Waals surface area contributed by atoms with Gasteiger partial charge in [0.25, 0.3) is 5.91 Å². The highest BCUT2D eigenvalue weighted by Crippen LogP contribution is 2.37. The van der Waals surface area contributed by atoms with Crippen LogP contribution < -0.4 is 5.73 Å². The lowest BCUT2D eigenvalue weighted by Crippen LogP contribution is -2.45. The molecule has 1 unspecified atom stereocenters. The fourth-order valence-electron chi connectivity index (χ4n) is 2.34. The average molecular weight is 321 g/mol. The SMILES string of the molecule is CC(C1CC1)N(CC(F)(F)F)C(=O)c1c(N)cccc1Cl. The van der Waals surface area contributed by atoms with E-state index >= 15 is 0 Å². The Morgan fingerprint density at radius 1 is 1.48 bits per heavy atom. The summed E-state index contributed by atoms with van der Waals surface area (Å²) in [6, 6.07) is 3.95. The highest BCUT2D eigenvalue weighted by molar-refractivity contribution is 6.34. The molecule has 1 aliphatic rings. The molecular formula is C14H16ClF3N2O. The van der Waals surface area contributed by atoms with Crippen LogP contribution in [-0.2, 0) is 0 Å². The van der Waals surface area contributed by atoms with Gasteiger partial charge in [-0.2, -0.15) is 13.2 Å². The van der Waals surface area contributed by atoms with Crippen LogP contribution in [0.25, 0.3) is 0 Å². The molecule has 0 spiro atoms. The molecule has 0 aliphatic heterocycles. The quantitative estimate of drug-likeness (QED) is 0.859. The third kappa shape index (κ3) is 3.81. The number of hydrogen-bond donors (Lipinski definition) is 1. The molecule has 21 heavy (non-hydrogen) atoms. The molecule has 0 heterocycles. The average Bonchev–Trinajstić information content (AvgIpc) is 3.17. The van der Waals surface area contributed by atoms with E-state index in [1.54, 1.807) is 13.0 Å². The molecular weight excluding hydrogens is 305 g/mol. The smallest absolute Gasteiger partial charge is 0.398 e. The van der Waals surface area contributed by atoms with Crippen LogP contribution >= 0.6 is 11.6 Å². The van der Waals surface area contributed by atoms with Crippen molar-refractivity contribution >= 4 is 23.2 Å². The van der Waals surface area contributed by atoms with Crippen LogP contribution in [0.15, 0.2) is 18.2 Å². The summed E-state index contributed by atoms with van der Waals surface area (Å²) in [4.78, 5) is 13.3. The van der Waals surface area contributed by atoms with Crippen molar-refractivity contribution in [3.05, 3.63) is 28.8 Å². The standard InChI is InChI=1S/C14H16ClF3N2O/c1-8(9-5-6-9)20(7-14(16,17)18)13(21)12-10(15)3-2-4-11(12)19/h2-4,8-9H,5-7,19H2,1H3. The molecule has 3 nitrogen and oxygen atoms in total. The molecule has 1 saturated carbocycles. The normalized spacial score (nSPS) is 16.6. The Balaban J connectivity index is 2.33. The number of alkyl halides is 3. The third-order valence-electron chi connectivity index (χ3n) is 3.67. The van der Waals surface area contributed by atoms with E-state index in [4.69, 9.17) is 17.3 Å². The van der Waals surface area contributed by atoms with E-state index in [-0.39, 0.29) is 22.2 Å². The van der Waals surface area contributed by atoms with Crippen molar-refractivity contribution in [1.82, 2.24) is 4.90 Å². The topological polar surface area (TPSA) is 46.3 Å². The number of nitrogens with zero attached hydrogens (tertiary/aromatic N) is 1. The van der Waals surface area contributed by atoms with E-state index in [2.05, 4.69) is 0 Å². The van der Waals surface area contributed by atoms with Crippen molar-refractivity contribution in [1.29, 1.82) is 0 Å². The molecule has 7 heteroatoms. The monoisotopic (exact) mass is 320 g/mol. The van der Waals surface area contributed by atoms with Crippen LogP contribution in [0.3, 0.4) is 0 Å². The van der Waals surface area contributed by atoms with Gasteiger partial charge in [-0.3, -0.25) is 4.79 Å². The minimum atomic E-state index is -4.46. The molecule has 1 aromatic carbocycles. The predicted molar refractivity (Wildman–Crippen MR) is 75.1 cm³/mol. The van der Waals surface area contributed by atoms with E-state index < -0.39 is 24.7 Å². The highest BCUT2D eigenvalue weighted by atomic mass is 35.5. The number of carbonyl (C=O) groups is 1. The molecule has 1 amide bonds. The maximum atomic E-state index is 12.8. The summed E-state index contributed by atoms with van der Waals surface area (Å²) < 4.78 is 38.3. The lowest BCUT2D eigenvalue weighted by molar-refractivity contribution is -0.144. The second-order valence-corrected chi connectivity index (χ2v) is 5.74. The maximum absolute atomic E-state index is 12.8. The Morgan fingerprint density at radius 2 is 2.10 bits per heavy atom. The van der Waals surface area contributed by atoms with Crippen molar-refractivity contribution in [2.24, 2.45) is 5.92 Å². The van der Waals surface area contributed by atoms with Crippen LogP contribution in [0, 0.1) is 5.92 Å². The Bertz CT molecular complexity index is 523. The summed E-state index contributed by atoms with van der Waals surface area (Å²) in [6.07, 6.45) is -2.80. The van der Waals surface area contributed by atoms with Crippen LogP contribution in [0.1, 0.15) is 30.1 Å². The summed E-state index contributed by atoms with van der Waals surface area (Å²) in [5.74, 6) is -0.658. The fourth-order valence-corrected chi connectivity index (χ4v) is 2.60. The summed E-state index contributed by atoms with van der Waals surface area (Å²) >= 11 is 5.93. The maximum Gasteiger partial charge on any atom is 0.406 e. The lowest BCUT2D eigenvalue weighted by Gasteiger charge is -2.31. The lowest BCUT2D eigenvalue weighted by atomic mass is 10.1. The van der Waals surface area contributed by atoms with Crippen LogP contribution in [0.4, 0.5) is 18.9 Å². The third-order valence-corrected chi connectivity index (χ3v) is 3.98. The van der Waals surface area contributed by atoms with Gasteiger partial charge >= 0.3 is 6.18 Å². The summed E-state index contributed by atoms with van der Waals surface area (Å²) in [6.45, 7) is 0.336. The van der Waals surface area contributed by atoms with Crippen molar-refractivity contribution in [3.8, 4) is 0 Å². The second kappa shape index (κ2) is 5.75. The van der Waals surface area contributed by atoms with Gasteiger partial charge in [0.15, 0.2) is 0 Å². The molecule has 1 atom stereocenters. The number of nitrogens with two attached hydrogens (primary N) is 1. The minimum Gasteiger partial charge on any atom is -0.398 e. The van der Waals surface area contributed by atoms with Gasteiger partial charge < -0.3 is 10.6 Å². The molecule has 1 aromatic rings. The van der Waals surface area contributed by atoms with Crippen molar-refractivity contribution < 1.29 is 18.0 Å². The highest BCUT2D eigenvalue weighted by Gasteiger charge is 2.41. The van der Waals surface area contributed by atoms with E-state index in [1.807, 2.05) is 0 Å². The summed E-state index contributed by atoms with van der Waals surface area (Å²) in [5, 5.41) is 0.0650. The van der Waals surface area contributed by atoms with Gasteiger partial charge in [-0.25, -0.2) is 0 Å². The largest absolute Gasteiger partial charge is 0.406 e. The number of benzene rings is 1. The molecule has 0 aromatic heterocycles. The zero-order valence-corrected chi connectivity index (χ0v) is 12.2. The summed E-state index contributed by atoms with van der Waals surface area (Å²) in [5.41, 5.74) is 5.73. The first-order chi connectivity index (χ1) is 9.70. The van der Waals surface area contributed by atoms with Gasteiger partial charge in [0.2, 0.25) is 0 Å². The number of halogens is 4. The van der Waals surface area contributed by atoms with Crippen LogP contribution in [-0.4, -0.2) is 29.6 Å². The Morgan fingerprint density at radius 3 is 2.57 bits per heavy atom. The molecule has 2 rings (SSSR count). The van der Waals surface area contributed by atoms with Gasteiger partial charge in [-0.15, -0.1) is 0 Å². The minimum absolute atomic E-state index is 0.0593. The molecule has 0 saturated heterocycles. The number of rotatable bonds is 4. The first-order valence-electron chi connectivity index (χ1n) is 6.62. The van der Waals surface area contributed by atoms with E-state index in [0.717, 1.165) is 17.7 Å². The van der Waals surface area contributed by atoms with Crippen molar-refractivity contribution in [2.45, 2.75) is 32.0 Å². The Hall–Kier alpha value is -1.43. The van der Waals surface area contributed by atoms with E-state index in [1.165, 1.54) is 12.1 Å². The second-order valence-electron chi connectivity index (χ2n) is 5.33. The van der Waals surface area contributed by atoms with Gasteiger partial charge in [0.05, 0.1) is 10.6 Å². The van der Waals surface area contributed by atoms with Gasteiger partial charge in [-0.05, 0) is 37.8 Å². The number of nitrogen functional groups attached to an aromatic ring is 1. The Kier molecular flexibility index (Phi) is 4.37. The Labute approximate surface area is 125 Å². The van der Waals surface area contributed by atoms with Crippen LogP contribution in [0.2, 0.25) is 5.02 Å². The predicted octanol–water partition coefficient (Wildman–Crippen LogP) is 3.73. The van der Waals surface area contributed by atoms with Crippen LogP contribution in [0.5, 0.6) is 0 Å². The first-order valence-corrected chi connectivity index (χ1v) is 7.00. The molecule has 1 fully saturated rings. The number of hydrogen-bond acceptors (Lipinski definition) is 2. The van der Waals surface area contributed by atoms with Gasteiger partial charge in [0, 0.05) is 11.7 Å². The first kappa shape index (κ1) is 15.9. The fraction of sp³-hybridized carbons (Fsp3) is 0.500. The summed E-state index contributed by atoms with van der Waals surface area (Å²) in [7, 11) is 0.